The average Bonchev–Trinajstić information content (AvgIpc) is 3.05. The van der Waals surface area contributed by atoms with Crippen molar-refractivity contribution in [2.24, 2.45) is 0 Å². The van der Waals surface area contributed by atoms with E-state index in [2.05, 4.69) is 10.9 Å². The van der Waals surface area contributed by atoms with Crippen molar-refractivity contribution in [3.63, 3.8) is 0 Å². The lowest BCUT2D eigenvalue weighted by Crippen LogP contribution is -2.51. The van der Waals surface area contributed by atoms with Crippen LogP contribution in [0.1, 0.15) is 12.5 Å². The Bertz CT molecular complexity index is 771. The highest BCUT2D eigenvalue weighted by Gasteiger charge is 2.29. The summed E-state index contributed by atoms with van der Waals surface area (Å²) in [5, 5.41) is 0. The molecule has 0 fully saturated rings. The molecule has 0 aromatic heterocycles. The van der Waals surface area contributed by atoms with Crippen molar-refractivity contribution in [1.29, 1.82) is 0 Å². The third-order valence-electron chi connectivity index (χ3n) is 3.76. The number of amides is 2. The molecule has 0 radical (unpaired) electrons. The van der Waals surface area contributed by atoms with Gasteiger partial charge < -0.3 is 9.47 Å². The number of nitrogens with one attached hydrogen (secondary N) is 2. The first-order chi connectivity index (χ1) is 12.0. The van der Waals surface area contributed by atoms with Crippen LogP contribution in [0.3, 0.4) is 0 Å². The molecule has 0 aliphatic carbocycles. The minimum absolute atomic E-state index is 0.0361. The number of fused-ring (bicyclic) bond motifs is 1. The number of halogens is 1. The number of carbonyl (C=O) groups excluding carboxylic acids is 2. The van der Waals surface area contributed by atoms with Crippen LogP contribution in [-0.4, -0.2) is 24.0 Å². The molecule has 0 saturated heterocycles. The average molecular weight is 344 g/mol. The fourth-order valence-electron chi connectivity index (χ4n) is 2.42. The molecule has 2 aromatic carbocycles. The zero-order chi connectivity index (χ0) is 17.8. The molecular weight excluding hydrogens is 327 g/mol. The molecule has 3 rings (SSSR count). The lowest BCUT2D eigenvalue weighted by atomic mass is 10.1. The number of hydrogen-bond donors (Lipinski definition) is 2. The predicted molar refractivity (Wildman–Crippen MR) is 87.3 cm³/mol. The Balaban J connectivity index is 1.49. The van der Waals surface area contributed by atoms with Crippen LogP contribution in [0.5, 0.6) is 11.5 Å². The summed E-state index contributed by atoms with van der Waals surface area (Å²) in [5.41, 5.74) is 5.50. The molecule has 2 atom stereocenters. The summed E-state index contributed by atoms with van der Waals surface area (Å²) >= 11 is 0. The summed E-state index contributed by atoms with van der Waals surface area (Å²) in [6, 6.07) is 13.1. The molecule has 1 aliphatic heterocycles. The molecule has 6 nitrogen and oxygen atoms in total. The Hall–Kier alpha value is -3.09. The van der Waals surface area contributed by atoms with Crippen molar-refractivity contribution in [1.82, 2.24) is 10.9 Å². The van der Waals surface area contributed by atoms with Gasteiger partial charge in [-0.15, -0.1) is 0 Å². The SMILES string of the molecule is C[C@H](Oc1ccccc1F)C(=O)NNC(=O)[C@@H]1Cc2ccccc2O1. The van der Waals surface area contributed by atoms with Crippen LogP contribution in [0.4, 0.5) is 4.39 Å². The van der Waals surface area contributed by atoms with Crippen molar-refractivity contribution >= 4 is 11.8 Å². The van der Waals surface area contributed by atoms with E-state index in [4.69, 9.17) is 9.47 Å². The molecule has 2 aromatic rings. The summed E-state index contributed by atoms with van der Waals surface area (Å²) in [6.07, 6.45) is -1.27. The fraction of sp³-hybridized carbons (Fsp3) is 0.222. The van der Waals surface area contributed by atoms with Gasteiger partial charge in [-0.2, -0.15) is 0 Å². The van der Waals surface area contributed by atoms with Gasteiger partial charge in [0.05, 0.1) is 0 Å². The topological polar surface area (TPSA) is 76.7 Å². The summed E-state index contributed by atoms with van der Waals surface area (Å²) in [6.45, 7) is 1.45. The maximum absolute atomic E-state index is 13.5. The van der Waals surface area contributed by atoms with Crippen molar-refractivity contribution in [3.8, 4) is 11.5 Å². The zero-order valence-corrected chi connectivity index (χ0v) is 13.5. The van der Waals surface area contributed by atoms with Crippen molar-refractivity contribution in [2.75, 3.05) is 0 Å². The number of para-hydroxylation sites is 2. The van der Waals surface area contributed by atoms with Gasteiger partial charge in [0.1, 0.15) is 5.75 Å². The van der Waals surface area contributed by atoms with E-state index in [-0.39, 0.29) is 5.75 Å². The molecule has 0 bridgehead atoms. The van der Waals surface area contributed by atoms with Crippen LogP contribution in [-0.2, 0) is 16.0 Å². The fourth-order valence-corrected chi connectivity index (χ4v) is 2.42. The maximum atomic E-state index is 13.5. The standard InChI is InChI=1S/C18H17FN2O4/c1-11(24-15-9-5-3-7-13(15)19)17(22)20-21-18(23)16-10-12-6-2-4-8-14(12)25-16/h2-9,11,16H,10H2,1H3,(H,20,22)(H,21,23)/t11-,16-/m0/s1. The van der Waals surface area contributed by atoms with Gasteiger partial charge in [-0.3, -0.25) is 20.4 Å². The van der Waals surface area contributed by atoms with E-state index in [1.54, 1.807) is 12.1 Å². The van der Waals surface area contributed by atoms with Crippen LogP contribution in [0.25, 0.3) is 0 Å². The van der Waals surface area contributed by atoms with Gasteiger partial charge in [0.15, 0.2) is 23.8 Å². The van der Waals surface area contributed by atoms with E-state index in [9.17, 15) is 14.0 Å². The molecule has 25 heavy (non-hydrogen) atoms. The normalized spacial score (nSPS) is 16.3. The molecule has 1 aliphatic rings. The number of hydrogen-bond acceptors (Lipinski definition) is 4. The lowest BCUT2D eigenvalue weighted by Gasteiger charge is -2.16. The van der Waals surface area contributed by atoms with E-state index in [0.29, 0.717) is 12.2 Å². The molecular formula is C18H17FN2O4. The number of ether oxygens (including phenoxy) is 2. The van der Waals surface area contributed by atoms with E-state index in [1.807, 2.05) is 18.2 Å². The molecule has 0 unspecified atom stereocenters. The van der Waals surface area contributed by atoms with Crippen LogP contribution in [0.2, 0.25) is 0 Å². The maximum Gasteiger partial charge on any atom is 0.279 e. The highest BCUT2D eigenvalue weighted by Crippen LogP contribution is 2.28. The van der Waals surface area contributed by atoms with Crippen molar-refractivity contribution in [3.05, 3.63) is 59.9 Å². The van der Waals surface area contributed by atoms with E-state index < -0.39 is 29.8 Å². The van der Waals surface area contributed by atoms with Gasteiger partial charge >= 0.3 is 0 Å². The van der Waals surface area contributed by atoms with Crippen LogP contribution in [0, 0.1) is 5.82 Å². The van der Waals surface area contributed by atoms with E-state index >= 15 is 0 Å². The monoisotopic (exact) mass is 344 g/mol. The van der Waals surface area contributed by atoms with Crippen LogP contribution >= 0.6 is 0 Å². The third-order valence-corrected chi connectivity index (χ3v) is 3.76. The highest BCUT2D eigenvalue weighted by molar-refractivity contribution is 5.87. The Kier molecular flexibility index (Phi) is 4.83. The smallest absolute Gasteiger partial charge is 0.279 e. The van der Waals surface area contributed by atoms with Gasteiger partial charge in [-0.1, -0.05) is 30.3 Å². The lowest BCUT2D eigenvalue weighted by molar-refractivity contribution is -0.135. The molecule has 0 spiro atoms. The first-order valence-electron chi connectivity index (χ1n) is 7.80. The van der Waals surface area contributed by atoms with Crippen LogP contribution < -0.4 is 20.3 Å². The molecule has 2 N–H and O–H groups in total. The van der Waals surface area contributed by atoms with Crippen molar-refractivity contribution in [2.45, 2.75) is 25.6 Å². The number of benzene rings is 2. The second kappa shape index (κ2) is 7.21. The zero-order valence-electron chi connectivity index (χ0n) is 13.5. The number of carbonyl (C=O) groups is 2. The molecule has 2 amide bonds. The molecule has 0 saturated carbocycles. The quantitative estimate of drug-likeness (QED) is 0.829. The Labute approximate surface area is 143 Å². The largest absolute Gasteiger partial charge is 0.480 e. The molecule has 1 heterocycles. The molecule has 7 heteroatoms. The second-order valence-electron chi connectivity index (χ2n) is 5.59. The highest BCUT2D eigenvalue weighted by atomic mass is 19.1. The third kappa shape index (κ3) is 3.88. The Morgan fingerprint density at radius 1 is 1.16 bits per heavy atom. The summed E-state index contributed by atoms with van der Waals surface area (Å²) in [5.74, 6) is -1.02. The van der Waals surface area contributed by atoms with Gasteiger partial charge in [0.2, 0.25) is 0 Å². The predicted octanol–water partition coefficient (Wildman–Crippen LogP) is 1.74. The Morgan fingerprint density at radius 3 is 2.64 bits per heavy atom. The minimum atomic E-state index is -0.987. The van der Waals surface area contributed by atoms with Gasteiger partial charge in [-0.25, -0.2) is 4.39 Å². The van der Waals surface area contributed by atoms with Gasteiger partial charge in [0.25, 0.3) is 11.8 Å². The minimum Gasteiger partial charge on any atom is -0.480 e. The van der Waals surface area contributed by atoms with E-state index in [0.717, 1.165) is 5.56 Å². The molecule has 130 valence electrons. The van der Waals surface area contributed by atoms with Crippen LogP contribution in [0.15, 0.2) is 48.5 Å². The summed E-state index contributed by atoms with van der Waals surface area (Å²) in [4.78, 5) is 24.1. The first-order valence-corrected chi connectivity index (χ1v) is 7.80. The summed E-state index contributed by atoms with van der Waals surface area (Å²) < 4.78 is 24.3. The Morgan fingerprint density at radius 2 is 1.88 bits per heavy atom. The van der Waals surface area contributed by atoms with Gasteiger partial charge in [-0.05, 0) is 30.7 Å². The number of hydrazine groups is 1. The second-order valence-corrected chi connectivity index (χ2v) is 5.59. The number of rotatable bonds is 4. The van der Waals surface area contributed by atoms with Crippen molar-refractivity contribution < 1.29 is 23.5 Å². The van der Waals surface area contributed by atoms with E-state index in [1.165, 1.54) is 25.1 Å². The first kappa shape index (κ1) is 16.8. The summed E-state index contributed by atoms with van der Waals surface area (Å²) in [7, 11) is 0. The van der Waals surface area contributed by atoms with Gasteiger partial charge in [0, 0.05) is 6.42 Å².